The van der Waals surface area contributed by atoms with Crippen molar-refractivity contribution in [1.82, 2.24) is 30.4 Å². The Morgan fingerprint density at radius 2 is 1.92 bits per heavy atom. The minimum absolute atomic E-state index is 0.00845. The van der Waals surface area contributed by atoms with Gasteiger partial charge in [-0.05, 0) is 60.4 Å². The summed E-state index contributed by atoms with van der Waals surface area (Å²) in [6.45, 7) is 1.24. The summed E-state index contributed by atoms with van der Waals surface area (Å²) in [6, 6.07) is 7.36. The van der Waals surface area contributed by atoms with E-state index in [9.17, 15) is 23.2 Å². The van der Waals surface area contributed by atoms with Crippen molar-refractivity contribution in [2.45, 2.75) is 38.3 Å². The second-order valence-corrected chi connectivity index (χ2v) is 9.50. The third kappa shape index (κ3) is 5.86. The molecular weight excluding hydrogens is 512 g/mol. The van der Waals surface area contributed by atoms with E-state index in [1.165, 1.54) is 4.90 Å². The minimum Gasteiger partial charge on any atom is -0.489 e. The number of ether oxygens (including phenoxy) is 1. The Morgan fingerprint density at radius 1 is 1.13 bits per heavy atom. The van der Waals surface area contributed by atoms with Gasteiger partial charge in [-0.1, -0.05) is 6.07 Å². The monoisotopic (exact) mass is 539 g/mol. The van der Waals surface area contributed by atoms with Gasteiger partial charge in [-0.3, -0.25) is 14.4 Å². The third-order valence-corrected chi connectivity index (χ3v) is 6.79. The molecule has 3 aromatic rings. The number of likely N-dealkylation sites (tertiary alicyclic amines) is 1. The van der Waals surface area contributed by atoms with Crippen LogP contribution in [0.15, 0.2) is 36.4 Å². The summed E-state index contributed by atoms with van der Waals surface area (Å²) >= 11 is 0. The Bertz CT molecular complexity index is 1410. The number of halogens is 2. The van der Waals surface area contributed by atoms with Gasteiger partial charge in [0.1, 0.15) is 30.0 Å². The summed E-state index contributed by atoms with van der Waals surface area (Å²) in [5.41, 5.74) is 1.41. The number of hydrogen-bond donors (Lipinski definition) is 1. The van der Waals surface area contributed by atoms with Crippen LogP contribution in [0.1, 0.15) is 41.0 Å². The maximum Gasteiger partial charge on any atom is 0.293 e. The zero-order chi connectivity index (χ0) is 27.5. The van der Waals surface area contributed by atoms with Gasteiger partial charge in [-0.2, -0.15) is 4.80 Å². The maximum absolute atomic E-state index is 13.9. The number of fused-ring (bicyclic) bond motifs is 1. The first-order valence-corrected chi connectivity index (χ1v) is 12.6. The van der Waals surface area contributed by atoms with Crippen LogP contribution < -0.4 is 15.0 Å². The number of hydrogen-bond acceptors (Lipinski definition) is 7. The molecule has 0 spiro atoms. The number of rotatable bonds is 7. The molecule has 0 unspecified atom stereocenters. The molecule has 1 fully saturated rings. The number of tetrazole rings is 1. The number of nitrogens with one attached hydrogen (secondary N) is 1. The zero-order valence-electron chi connectivity index (χ0n) is 21.3. The molecule has 2 aromatic carbocycles. The maximum atomic E-state index is 13.9. The molecule has 5 rings (SSSR count). The first kappa shape index (κ1) is 26.2. The highest BCUT2D eigenvalue weighted by Crippen LogP contribution is 2.32. The molecule has 1 aromatic heterocycles. The number of benzene rings is 2. The molecule has 204 valence electrons. The lowest BCUT2D eigenvalue weighted by molar-refractivity contribution is -0.130. The van der Waals surface area contributed by atoms with Gasteiger partial charge < -0.3 is 19.9 Å². The minimum atomic E-state index is -1.04. The fourth-order valence-corrected chi connectivity index (χ4v) is 4.62. The van der Waals surface area contributed by atoms with Crippen molar-refractivity contribution in [3.8, 4) is 5.75 Å². The van der Waals surface area contributed by atoms with E-state index in [0.29, 0.717) is 24.3 Å². The fourth-order valence-electron chi connectivity index (χ4n) is 4.62. The van der Waals surface area contributed by atoms with Gasteiger partial charge in [0.05, 0.1) is 12.2 Å². The molecule has 2 aliphatic rings. The van der Waals surface area contributed by atoms with E-state index < -0.39 is 29.5 Å². The van der Waals surface area contributed by atoms with Gasteiger partial charge in [0, 0.05) is 32.1 Å². The van der Waals surface area contributed by atoms with Gasteiger partial charge >= 0.3 is 0 Å². The summed E-state index contributed by atoms with van der Waals surface area (Å²) in [5, 5.41) is 13.9. The van der Waals surface area contributed by atoms with E-state index >= 15 is 0 Å². The molecule has 3 amide bonds. The average molecular weight is 540 g/mol. The quantitative estimate of drug-likeness (QED) is 0.485. The second-order valence-electron chi connectivity index (χ2n) is 9.50. The topological polar surface area (TPSA) is 123 Å². The fraction of sp³-hybridized carbons (Fsp3) is 0.385. The van der Waals surface area contributed by atoms with Crippen molar-refractivity contribution in [2.75, 3.05) is 31.6 Å². The van der Waals surface area contributed by atoms with Crippen LogP contribution in [0.5, 0.6) is 5.75 Å². The van der Waals surface area contributed by atoms with Crippen molar-refractivity contribution in [3.05, 3.63) is 65.0 Å². The van der Waals surface area contributed by atoms with Crippen LogP contribution in [0.4, 0.5) is 14.5 Å². The largest absolute Gasteiger partial charge is 0.489 e. The summed E-state index contributed by atoms with van der Waals surface area (Å²) in [5.74, 6) is -2.20. The molecule has 3 heterocycles. The molecule has 39 heavy (non-hydrogen) atoms. The molecule has 0 bridgehead atoms. The highest BCUT2D eigenvalue weighted by molar-refractivity contribution is 6.02. The van der Waals surface area contributed by atoms with E-state index in [1.807, 2.05) is 17.0 Å². The lowest BCUT2D eigenvalue weighted by Crippen LogP contribution is -2.49. The van der Waals surface area contributed by atoms with E-state index in [1.54, 1.807) is 13.1 Å². The molecule has 13 heteroatoms. The molecule has 0 aliphatic carbocycles. The molecule has 0 saturated carbocycles. The predicted molar refractivity (Wildman–Crippen MR) is 134 cm³/mol. The van der Waals surface area contributed by atoms with Crippen LogP contribution in [-0.2, 0) is 22.6 Å². The van der Waals surface area contributed by atoms with Crippen molar-refractivity contribution in [3.63, 3.8) is 0 Å². The lowest BCUT2D eigenvalue weighted by Gasteiger charge is -2.20. The number of nitrogens with zero attached hydrogens (tertiary/aromatic N) is 6. The number of aromatic nitrogens is 4. The van der Waals surface area contributed by atoms with Crippen LogP contribution in [0.2, 0.25) is 0 Å². The SMILES string of the molecule is CN1C(=O)[C@@H](NC(=O)c2nnn(Cc3cc(F)ccc3F)n2)COc2ccc(CCC(=O)N3CCCC3)cc21. The normalized spacial score (nSPS) is 17.0. The molecule has 1 saturated heterocycles. The second kappa shape index (κ2) is 11.1. The first-order chi connectivity index (χ1) is 18.8. The van der Waals surface area contributed by atoms with Gasteiger partial charge in [0.2, 0.25) is 5.91 Å². The van der Waals surface area contributed by atoms with Crippen LogP contribution in [0, 0.1) is 11.6 Å². The van der Waals surface area contributed by atoms with Crippen molar-refractivity contribution in [2.24, 2.45) is 0 Å². The first-order valence-electron chi connectivity index (χ1n) is 12.6. The van der Waals surface area contributed by atoms with Crippen molar-refractivity contribution < 1.29 is 27.9 Å². The third-order valence-electron chi connectivity index (χ3n) is 6.79. The van der Waals surface area contributed by atoms with Gasteiger partial charge in [0.25, 0.3) is 17.6 Å². The van der Waals surface area contributed by atoms with Crippen LogP contribution >= 0.6 is 0 Å². The molecule has 11 nitrogen and oxygen atoms in total. The molecule has 1 N–H and O–H groups in total. The van der Waals surface area contributed by atoms with Crippen molar-refractivity contribution in [1.29, 1.82) is 0 Å². The Kier molecular flexibility index (Phi) is 7.48. The van der Waals surface area contributed by atoms with Crippen molar-refractivity contribution >= 4 is 23.4 Å². The number of carbonyl (C=O) groups excluding carboxylic acids is 3. The summed E-state index contributed by atoms with van der Waals surface area (Å²) in [4.78, 5) is 42.6. The summed E-state index contributed by atoms with van der Waals surface area (Å²) < 4.78 is 33.2. The molecule has 1 atom stereocenters. The predicted octanol–water partition coefficient (Wildman–Crippen LogP) is 1.71. The molecule has 2 aliphatic heterocycles. The molecule has 0 radical (unpaired) electrons. The smallest absolute Gasteiger partial charge is 0.293 e. The van der Waals surface area contributed by atoms with Gasteiger partial charge in [-0.25, -0.2) is 8.78 Å². The highest BCUT2D eigenvalue weighted by atomic mass is 19.1. The Labute approximate surface area is 222 Å². The Morgan fingerprint density at radius 3 is 2.72 bits per heavy atom. The summed E-state index contributed by atoms with van der Waals surface area (Å²) in [7, 11) is 1.58. The van der Waals surface area contributed by atoms with Crippen LogP contribution in [0.3, 0.4) is 0 Å². The summed E-state index contributed by atoms with van der Waals surface area (Å²) in [6.07, 6.45) is 2.99. The number of carbonyl (C=O) groups is 3. The van der Waals surface area contributed by atoms with Gasteiger partial charge in [0.15, 0.2) is 0 Å². The average Bonchev–Trinajstić information content (AvgIpc) is 3.62. The number of aryl methyl sites for hydroxylation is 1. The van der Waals surface area contributed by atoms with Crippen LogP contribution in [-0.4, -0.2) is 75.6 Å². The van der Waals surface area contributed by atoms with E-state index in [-0.39, 0.29) is 30.4 Å². The Hall–Kier alpha value is -4.42. The lowest BCUT2D eigenvalue weighted by atomic mass is 10.1. The number of anilines is 1. The molecular formula is C26H27F2N7O4. The zero-order valence-corrected chi connectivity index (χ0v) is 21.3. The van der Waals surface area contributed by atoms with E-state index in [4.69, 9.17) is 4.74 Å². The highest BCUT2D eigenvalue weighted by Gasteiger charge is 2.32. The van der Waals surface area contributed by atoms with E-state index in [2.05, 4.69) is 20.7 Å². The van der Waals surface area contributed by atoms with E-state index in [0.717, 1.165) is 54.5 Å². The number of likely N-dealkylation sites (N-methyl/N-ethyl adjacent to an activating group) is 1. The number of amides is 3. The van der Waals surface area contributed by atoms with Gasteiger partial charge in [-0.15, -0.1) is 10.2 Å². The van der Waals surface area contributed by atoms with Crippen LogP contribution in [0.25, 0.3) is 0 Å². The Balaban J connectivity index is 1.22. The standard InChI is InChI=1S/C26H27F2N7O4/c1-33-21-12-16(5-9-23(36)34-10-2-3-11-34)4-8-22(21)39-15-20(26(33)38)29-25(37)24-30-32-35(31-24)14-17-13-18(27)6-7-19(17)28/h4,6-8,12-13,20H,2-3,5,9-11,14-15H2,1H3,(H,29,37)/t20-/m0/s1.